The van der Waals surface area contributed by atoms with Gasteiger partial charge in [-0.3, -0.25) is 14.9 Å². The zero-order valence-corrected chi connectivity index (χ0v) is 17.9. The molecule has 10 heteroatoms. The molecule has 1 aliphatic carbocycles. The Kier molecular flexibility index (Phi) is 6.47. The highest BCUT2D eigenvalue weighted by Gasteiger charge is 2.30. The Balaban J connectivity index is 1.69. The van der Waals surface area contributed by atoms with Crippen LogP contribution in [0, 0.1) is 12.8 Å². The lowest BCUT2D eigenvalue weighted by molar-refractivity contribution is -0.117. The number of anilines is 1. The van der Waals surface area contributed by atoms with Gasteiger partial charge in [0.2, 0.25) is 17.7 Å². The Hall–Kier alpha value is -3.17. The summed E-state index contributed by atoms with van der Waals surface area (Å²) < 4.78 is 31.1. The van der Waals surface area contributed by atoms with Crippen molar-refractivity contribution in [3.05, 3.63) is 41.3 Å². The first-order valence-electron chi connectivity index (χ1n) is 9.93. The van der Waals surface area contributed by atoms with Crippen molar-refractivity contribution in [2.24, 2.45) is 5.92 Å². The molecule has 1 unspecified atom stereocenters. The van der Waals surface area contributed by atoms with Gasteiger partial charge in [0.1, 0.15) is 5.69 Å². The lowest BCUT2D eigenvalue weighted by Crippen LogP contribution is -2.31. The molecule has 0 bridgehead atoms. The maximum absolute atomic E-state index is 13.0. The van der Waals surface area contributed by atoms with Gasteiger partial charge in [-0.2, -0.15) is 0 Å². The van der Waals surface area contributed by atoms with Gasteiger partial charge >= 0.3 is 0 Å². The highest BCUT2D eigenvalue weighted by Crippen LogP contribution is 2.30. The van der Waals surface area contributed by atoms with E-state index in [1.54, 1.807) is 20.0 Å². The molecule has 2 heterocycles. The first-order valence-corrected chi connectivity index (χ1v) is 9.93. The Morgan fingerprint density at radius 2 is 2.06 bits per heavy atom. The van der Waals surface area contributed by atoms with Gasteiger partial charge in [-0.05, 0) is 44.4 Å². The minimum absolute atomic E-state index is 0.00287. The summed E-state index contributed by atoms with van der Waals surface area (Å²) >= 11 is 0. The fraction of sp³-hybridized carbons (Fsp3) is 0.476. The topological polar surface area (TPSA) is 97.3 Å². The number of carbonyl (C=O) groups excluding carboxylic acids is 2. The van der Waals surface area contributed by atoms with E-state index in [9.17, 15) is 18.4 Å². The van der Waals surface area contributed by atoms with Crippen LogP contribution < -0.4 is 10.1 Å². The molecule has 3 rings (SSSR count). The number of carbonyl (C=O) groups is 2. The zero-order chi connectivity index (χ0) is 22.8. The molecule has 0 saturated heterocycles. The Morgan fingerprint density at radius 3 is 2.68 bits per heavy atom. The van der Waals surface area contributed by atoms with Crippen LogP contribution in [-0.2, 0) is 4.79 Å². The summed E-state index contributed by atoms with van der Waals surface area (Å²) in [5.74, 6) is -3.25. The summed E-state index contributed by atoms with van der Waals surface area (Å²) in [6.45, 7) is 3.52. The second-order valence-electron chi connectivity index (χ2n) is 7.87. The largest absolute Gasteiger partial charge is 0.471 e. The van der Waals surface area contributed by atoms with Crippen molar-refractivity contribution in [1.29, 1.82) is 0 Å². The van der Waals surface area contributed by atoms with E-state index in [0.717, 1.165) is 19.8 Å². The smallest absolute Gasteiger partial charge is 0.278 e. The molecule has 0 spiro atoms. The number of pyridine rings is 1. The number of hydrogen-bond donors (Lipinski definition) is 1. The molecule has 0 aromatic carbocycles. The summed E-state index contributed by atoms with van der Waals surface area (Å²) in [4.78, 5) is 38.6. The van der Waals surface area contributed by atoms with Gasteiger partial charge in [-0.25, -0.2) is 23.7 Å². The molecule has 0 aliphatic heterocycles. The van der Waals surface area contributed by atoms with Crippen molar-refractivity contribution in [2.45, 2.75) is 45.6 Å². The van der Waals surface area contributed by atoms with Crippen molar-refractivity contribution < 1.29 is 23.1 Å². The van der Waals surface area contributed by atoms with Crippen LogP contribution in [0.3, 0.4) is 0 Å². The summed E-state index contributed by atoms with van der Waals surface area (Å²) in [5, 5.41) is 2.63. The Bertz CT molecular complexity index is 976. The maximum atomic E-state index is 13.0. The standard InChI is InChI=1S/C21H25F2N5O3/c1-12-9-15(10-25-18(12)31-11-21(3,22)23)13(2)28(4)19(30)16-7-8-24-20(26-16)27-17(29)14-5-6-14/h7-10,13-14H,5-6,11H2,1-4H3,(H,24,26,27,29). The number of halogens is 2. The fourth-order valence-corrected chi connectivity index (χ4v) is 2.83. The van der Waals surface area contributed by atoms with Crippen LogP contribution >= 0.6 is 0 Å². The molecule has 8 nitrogen and oxygen atoms in total. The maximum Gasteiger partial charge on any atom is 0.278 e. The van der Waals surface area contributed by atoms with E-state index in [0.29, 0.717) is 11.1 Å². The SMILES string of the molecule is Cc1cc(C(C)N(C)C(=O)c2ccnc(NC(=O)C3CC3)n2)cnc1OCC(C)(F)F. The predicted molar refractivity (Wildman–Crippen MR) is 109 cm³/mol. The molecule has 1 fully saturated rings. The van der Waals surface area contributed by atoms with Crippen molar-refractivity contribution in [1.82, 2.24) is 19.9 Å². The van der Waals surface area contributed by atoms with Crippen LogP contribution in [0.25, 0.3) is 0 Å². The van der Waals surface area contributed by atoms with Crippen LogP contribution in [0.1, 0.15) is 54.3 Å². The van der Waals surface area contributed by atoms with Crippen LogP contribution in [-0.4, -0.2) is 51.2 Å². The average molecular weight is 433 g/mol. The van der Waals surface area contributed by atoms with Crippen molar-refractivity contribution in [3.63, 3.8) is 0 Å². The summed E-state index contributed by atoms with van der Waals surface area (Å²) in [5.41, 5.74) is 1.44. The molecule has 2 aromatic rings. The number of nitrogens with zero attached hydrogens (tertiary/aromatic N) is 4. The molecule has 1 N–H and O–H groups in total. The van der Waals surface area contributed by atoms with Crippen molar-refractivity contribution in [2.75, 3.05) is 19.0 Å². The average Bonchev–Trinajstić information content (AvgIpc) is 3.56. The zero-order valence-electron chi connectivity index (χ0n) is 17.9. The van der Waals surface area contributed by atoms with Gasteiger partial charge in [-0.15, -0.1) is 0 Å². The molecule has 1 saturated carbocycles. The van der Waals surface area contributed by atoms with Crippen LogP contribution in [0.15, 0.2) is 24.5 Å². The van der Waals surface area contributed by atoms with E-state index in [-0.39, 0.29) is 41.3 Å². The van der Waals surface area contributed by atoms with Crippen LogP contribution in [0.5, 0.6) is 5.88 Å². The molecular weight excluding hydrogens is 408 g/mol. The van der Waals surface area contributed by atoms with Crippen LogP contribution in [0.4, 0.5) is 14.7 Å². The lowest BCUT2D eigenvalue weighted by atomic mass is 10.1. The molecule has 166 valence electrons. The first kappa shape index (κ1) is 22.5. The van der Waals surface area contributed by atoms with Gasteiger partial charge in [0.25, 0.3) is 11.8 Å². The van der Waals surface area contributed by atoms with Crippen molar-refractivity contribution in [3.8, 4) is 5.88 Å². The van der Waals surface area contributed by atoms with E-state index in [4.69, 9.17) is 4.74 Å². The quantitative estimate of drug-likeness (QED) is 0.685. The fourth-order valence-electron chi connectivity index (χ4n) is 2.83. The third-order valence-electron chi connectivity index (χ3n) is 4.96. The number of amides is 2. The summed E-state index contributed by atoms with van der Waals surface area (Å²) in [6, 6.07) is 2.84. The molecule has 2 amide bonds. The molecule has 1 aliphatic rings. The van der Waals surface area contributed by atoms with Crippen LogP contribution in [0.2, 0.25) is 0 Å². The highest BCUT2D eigenvalue weighted by molar-refractivity contribution is 5.95. The second-order valence-corrected chi connectivity index (χ2v) is 7.87. The van der Waals surface area contributed by atoms with Gasteiger partial charge in [0.05, 0.1) is 6.04 Å². The third-order valence-corrected chi connectivity index (χ3v) is 4.96. The van der Waals surface area contributed by atoms with Crippen molar-refractivity contribution >= 4 is 17.8 Å². The van der Waals surface area contributed by atoms with Gasteiger partial charge < -0.3 is 9.64 Å². The first-order chi connectivity index (χ1) is 14.5. The molecular formula is C21H25F2N5O3. The Morgan fingerprint density at radius 1 is 1.35 bits per heavy atom. The number of aryl methyl sites for hydroxylation is 1. The number of alkyl halides is 2. The number of rotatable bonds is 8. The molecule has 0 radical (unpaired) electrons. The number of ether oxygens (including phenoxy) is 1. The summed E-state index contributed by atoms with van der Waals surface area (Å²) in [7, 11) is 1.62. The van der Waals surface area contributed by atoms with E-state index in [1.165, 1.54) is 23.4 Å². The predicted octanol–water partition coefficient (Wildman–Crippen LogP) is 3.40. The highest BCUT2D eigenvalue weighted by atomic mass is 19.3. The second kappa shape index (κ2) is 8.91. The summed E-state index contributed by atoms with van der Waals surface area (Å²) in [6.07, 6.45) is 4.61. The normalized spacial score (nSPS) is 14.6. The third kappa shape index (κ3) is 5.93. The number of hydrogen-bond acceptors (Lipinski definition) is 6. The molecule has 1 atom stereocenters. The minimum Gasteiger partial charge on any atom is -0.471 e. The monoisotopic (exact) mass is 433 g/mol. The van der Waals surface area contributed by atoms with E-state index in [1.807, 2.05) is 6.92 Å². The van der Waals surface area contributed by atoms with E-state index < -0.39 is 12.5 Å². The van der Waals surface area contributed by atoms with E-state index >= 15 is 0 Å². The number of nitrogens with one attached hydrogen (secondary N) is 1. The van der Waals surface area contributed by atoms with Gasteiger partial charge in [-0.1, -0.05) is 0 Å². The Labute approximate surface area is 179 Å². The lowest BCUT2D eigenvalue weighted by Gasteiger charge is -2.25. The number of aromatic nitrogens is 3. The van der Waals surface area contributed by atoms with Gasteiger partial charge in [0.15, 0.2) is 6.61 Å². The molecule has 31 heavy (non-hydrogen) atoms. The minimum atomic E-state index is -2.96. The van der Waals surface area contributed by atoms with Gasteiger partial charge in [0, 0.05) is 37.8 Å². The molecule has 2 aromatic heterocycles. The van der Waals surface area contributed by atoms with E-state index in [2.05, 4.69) is 20.3 Å².